The average molecular weight is 383 g/mol. The summed E-state index contributed by atoms with van der Waals surface area (Å²) in [4.78, 5) is 14.3. The Labute approximate surface area is 164 Å². The van der Waals surface area contributed by atoms with Gasteiger partial charge in [-0.15, -0.1) is 0 Å². The molecule has 148 valence electrons. The number of morpholine rings is 1. The van der Waals surface area contributed by atoms with Crippen molar-refractivity contribution in [2.45, 2.75) is 6.42 Å². The second kappa shape index (κ2) is 9.75. The highest BCUT2D eigenvalue weighted by Gasteiger charge is 2.13. The minimum Gasteiger partial charge on any atom is -0.497 e. The third kappa shape index (κ3) is 5.23. The molecule has 1 N–H and O–H groups in total. The van der Waals surface area contributed by atoms with Gasteiger partial charge in [0.05, 0.1) is 40.1 Å². The molecule has 1 amide bonds. The molecule has 7 nitrogen and oxygen atoms in total. The fourth-order valence-electron chi connectivity index (χ4n) is 2.97. The largest absolute Gasteiger partial charge is 0.497 e. The van der Waals surface area contributed by atoms with Gasteiger partial charge in [-0.2, -0.15) is 5.10 Å². The Morgan fingerprint density at radius 3 is 2.57 bits per heavy atom. The Bertz CT molecular complexity index is 815. The van der Waals surface area contributed by atoms with Gasteiger partial charge in [0.25, 0.3) is 0 Å². The molecule has 0 aromatic heterocycles. The minimum absolute atomic E-state index is 0.190. The first-order valence-corrected chi connectivity index (χ1v) is 9.15. The number of amides is 1. The van der Waals surface area contributed by atoms with Crippen molar-refractivity contribution >= 4 is 17.8 Å². The van der Waals surface area contributed by atoms with Crippen LogP contribution < -0.4 is 19.8 Å². The summed E-state index contributed by atoms with van der Waals surface area (Å²) in [6.07, 6.45) is 1.84. The summed E-state index contributed by atoms with van der Waals surface area (Å²) in [6, 6.07) is 13.3. The average Bonchev–Trinajstić information content (AvgIpc) is 2.75. The lowest BCUT2D eigenvalue weighted by Crippen LogP contribution is -2.36. The van der Waals surface area contributed by atoms with Crippen LogP contribution in [0.3, 0.4) is 0 Å². The standard InChI is InChI=1S/C21H25N3O4/c1-26-19-7-3-16(4-8-19)13-21(25)23-22-15-17-5-6-18(14-20(17)27-2)24-9-11-28-12-10-24/h3-8,14-15H,9-13H2,1-2H3,(H,23,25)/b22-15+. The third-order valence-electron chi connectivity index (χ3n) is 4.51. The Morgan fingerprint density at radius 2 is 1.89 bits per heavy atom. The lowest BCUT2D eigenvalue weighted by atomic mass is 10.1. The highest BCUT2D eigenvalue weighted by atomic mass is 16.5. The van der Waals surface area contributed by atoms with E-state index in [-0.39, 0.29) is 12.3 Å². The van der Waals surface area contributed by atoms with Crippen LogP contribution >= 0.6 is 0 Å². The van der Waals surface area contributed by atoms with E-state index in [2.05, 4.69) is 15.4 Å². The highest BCUT2D eigenvalue weighted by molar-refractivity contribution is 5.86. The molecular weight excluding hydrogens is 358 g/mol. The van der Waals surface area contributed by atoms with Crippen LogP contribution in [0.1, 0.15) is 11.1 Å². The molecule has 3 rings (SSSR count). The molecule has 0 atom stereocenters. The monoisotopic (exact) mass is 383 g/mol. The van der Waals surface area contributed by atoms with Gasteiger partial charge in [-0.1, -0.05) is 12.1 Å². The number of carbonyl (C=O) groups excluding carboxylic acids is 1. The van der Waals surface area contributed by atoms with E-state index in [1.807, 2.05) is 42.5 Å². The quantitative estimate of drug-likeness (QED) is 0.586. The number of benzene rings is 2. The predicted octanol–water partition coefficient (Wildman–Crippen LogP) is 2.23. The summed E-state index contributed by atoms with van der Waals surface area (Å²) >= 11 is 0. The van der Waals surface area contributed by atoms with Gasteiger partial charge in [0.1, 0.15) is 11.5 Å². The minimum atomic E-state index is -0.190. The van der Waals surface area contributed by atoms with E-state index in [4.69, 9.17) is 14.2 Å². The smallest absolute Gasteiger partial charge is 0.244 e. The number of ether oxygens (including phenoxy) is 3. The number of nitrogens with one attached hydrogen (secondary N) is 1. The van der Waals surface area contributed by atoms with E-state index >= 15 is 0 Å². The van der Waals surface area contributed by atoms with Crippen molar-refractivity contribution in [1.82, 2.24) is 5.43 Å². The Balaban J connectivity index is 1.58. The zero-order chi connectivity index (χ0) is 19.8. The number of hydrazone groups is 1. The summed E-state index contributed by atoms with van der Waals surface area (Å²) in [5, 5.41) is 4.06. The Kier molecular flexibility index (Phi) is 6.86. The first-order chi connectivity index (χ1) is 13.7. The van der Waals surface area contributed by atoms with Crippen molar-refractivity contribution in [3.63, 3.8) is 0 Å². The van der Waals surface area contributed by atoms with E-state index in [0.29, 0.717) is 5.75 Å². The molecule has 2 aromatic carbocycles. The summed E-state index contributed by atoms with van der Waals surface area (Å²) in [7, 11) is 3.23. The predicted molar refractivity (Wildman–Crippen MR) is 108 cm³/mol. The maximum absolute atomic E-state index is 12.1. The number of anilines is 1. The van der Waals surface area contributed by atoms with Gasteiger partial charge in [-0.3, -0.25) is 4.79 Å². The van der Waals surface area contributed by atoms with Gasteiger partial charge in [0.15, 0.2) is 0 Å². The first kappa shape index (κ1) is 19.7. The second-order valence-corrected chi connectivity index (χ2v) is 6.34. The molecule has 1 aliphatic heterocycles. The van der Waals surface area contributed by atoms with Crippen LogP contribution in [0.5, 0.6) is 11.5 Å². The van der Waals surface area contributed by atoms with E-state index in [1.165, 1.54) is 0 Å². The number of hydrogen-bond acceptors (Lipinski definition) is 6. The maximum atomic E-state index is 12.1. The molecule has 28 heavy (non-hydrogen) atoms. The zero-order valence-electron chi connectivity index (χ0n) is 16.2. The van der Waals surface area contributed by atoms with E-state index < -0.39 is 0 Å². The van der Waals surface area contributed by atoms with E-state index in [1.54, 1.807) is 20.4 Å². The molecule has 1 aliphatic rings. The van der Waals surface area contributed by atoms with Crippen LogP contribution in [0.15, 0.2) is 47.6 Å². The van der Waals surface area contributed by atoms with Crippen LogP contribution in [0.2, 0.25) is 0 Å². The van der Waals surface area contributed by atoms with Crippen LogP contribution in [-0.2, 0) is 16.0 Å². The second-order valence-electron chi connectivity index (χ2n) is 6.34. The van der Waals surface area contributed by atoms with Gasteiger partial charge in [0.2, 0.25) is 5.91 Å². The molecule has 0 saturated carbocycles. The summed E-state index contributed by atoms with van der Waals surface area (Å²) in [5.74, 6) is 1.28. The van der Waals surface area contributed by atoms with Gasteiger partial charge in [0, 0.05) is 30.4 Å². The first-order valence-electron chi connectivity index (χ1n) is 9.15. The third-order valence-corrected chi connectivity index (χ3v) is 4.51. The maximum Gasteiger partial charge on any atom is 0.244 e. The summed E-state index contributed by atoms with van der Waals surface area (Å²) < 4.78 is 16.0. The number of methoxy groups -OCH3 is 2. The molecule has 0 bridgehead atoms. The van der Waals surface area contributed by atoms with Gasteiger partial charge in [-0.25, -0.2) is 5.43 Å². The topological polar surface area (TPSA) is 72.4 Å². The fraction of sp³-hybridized carbons (Fsp3) is 0.333. The lowest BCUT2D eigenvalue weighted by molar-refractivity contribution is -0.120. The zero-order valence-corrected chi connectivity index (χ0v) is 16.2. The fourth-order valence-corrected chi connectivity index (χ4v) is 2.97. The van der Waals surface area contributed by atoms with Crippen LogP contribution in [-0.4, -0.2) is 52.6 Å². The highest BCUT2D eigenvalue weighted by Crippen LogP contribution is 2.25. The van der Waals surface area contributed by atoms with Crippen molar-refractivity contribution in [3.05, 3.63) is 53.6 Å². The van der Waals surface area contributed by atoms with Crippen molar-refractivity contribution in [3.8, 4) is 11.5 Å². The molecule has 0 radical (unpaired) electrons. The molecule has 1 fully saturated rings. The molecule has 7 heteroatoms. The van der Waals surface area contributed by atoms with Gasteiger partial charge in [-0.05, 0) is 29.8 Å². The summed E-state index contributed by atoms with van der Waals surface area (Å²) in [5.41, 5.74) is 5.32. The summed E-state index contributed by atoms with van der Waals surface area (Å²) in [6.45, 7) is 3.17. The molecule has 1 heterocycles. The number of carbonyl (C=O) groups is 1. The van der Waals surface area contributed by atoms with Crippen LogP contribution in [0, 0.1) is 0 Å². The SMILES string of the molecule is COc1ccc(CC(=O)N/N=C/c2ccc(N3CCOCC3)cc2OC)cc1. The lowest BCUT2D eigenvalue weighted by Gasteiger charge is -2.29. The van der Waals surface area contributed by atoms with Crippen LogP contribution in [0.4, 0.5) is 5.69 Å². The molecule has 0 aliphatic carbocycles. The van der Waals surface area contributed by atoms with E-state index in [0.717, 1.165) is 48.9 Å². The van der Waals surface area contributed by atoms with Crippen molar-refractivity contribution in [1.29, 1.82) is 0 Å². The number of hydrogen-bond donors (Lipinski definition) is 1. The van der Waals surface area contributed by atoms with Gasteiger partial charge >= 0.3 is 0 Å². The molecule has 2 aromatic rings. The molecule has 0 unspecified atom stereocenters. The number of rotatable bonds is 7. The normalized spacial score (nSPS) is 14.1. The van der Waals surface area contributed by atoms with Crippen molar-refractivity contribution < 1.29 is 19.0 Å². The Morgan fingerprint density at radius 1 is 1.14 bits per heavy atom. The molecule has 1 saturated heterocycles. The molecular formula is C21H25N3O4. The van der Waals surface area contributed by atoms with Crippen molar-refractivity contribution in [2.24, 2.45) is 5.10 Å². The molecule has 0 spiro atoms. The Hall–Kier alpha value is -3.06. The van der Waals surface area contributed by atoms with Gasteiger partial charge < -0.3 is 19.1 Å². The number of nitrogens with zero attached hydrogens (tertiary/aromatic N) is 2. The van der Waals surface area contributed by atoms with E-state index in [9.17, 15) is 4.79 Å². The van der Waals surface area contributed by atoms with Crippen molar-refractivity contribution in [2.75, 3.05) is 45.4 Å². The van der Waals surface area contributed by atoms with Crippen LogP contribution in [0.25, 0.3) is 0 Å².